The maximum Gasteiger partial charge on any atom is 1.00 e. The first-order valence-corrected chi connectivity index (χ1v) is 4.00. The summed E-state index contributed by atoms with van der Waals surface area (Å²) >= 11 is 0. The minimum absolute atomic E-state index is 0. The summed E-state index contributed by atoms with van der Waals surface area (Å²) in [6.45, 7) is 1.76. The molecule has 1 heterocycles. The Morgan fingerprint density at radius 3 is 2.60 bits per heavy atom. The first-order chi connectivity index (χ1) is 6.74. The van der Waals surface area contributed by atoms with Crippen molar-refractivity contribution >= 4 is 11.0 Å². The van der Waals surface area contributed by atoms with Gasteiger partial charge in [0, 0.05) is 0 Å². The van der Waals surface area contributed by atoms with Gasteiger partial charge in [0.1, 0.15) is 0 Å². The number of aromatic nitrogens is 2. The smallest absolute Gasteiger partial charge is 0.440 e. The molecule has 0 spiro atoms. The fraction of sp³-hybridized carbons (Fsp3) is 0.100. The van der Waals surface area contributed by atoms with Crippen LogP contribution in [0.25, 0.3) is 11.0 Å². The van der Waals surface area contributed by atoms with Crippen LogP contribution in [-0.2, 0) is 0 Å². The van der Waals surface area contributed by atoms with Crippen LogP contribution in [0.3, 0.4) is 0 Å². The van der Waals surface area contributed by atoms with E-state index in [-0.39, 0.29) is 18.9 Å². The van der Waals surface area contributed by atoms with Gasteiger partial charge in [0.15, 0.2) is 0 Å². The van der Waals surface area contributed by atoms with Gasteiger partial charge in [-0.1, -0.05) is 5.82 Å². The molecule has 0 fully saturated rings. The summed E-state index contributed by atoms with van der Waals surface area (Å²) in [4.78, 5) is 8.23. The number of rotatable bonds is 0. The molecule has 0 aliphatic carbocycles. The monoisotopic (exact) mass is 188 g/mol. The van der Waals surface area contributed by atoms with Gasteiger partial charge in [-0.05, 0) is 30.1 Å². The van der Waals surface area contributed by atoms with Gasteiger partial charge >= 0.3 is 18.9 Å². The van der Waals surface area contributed by atoms with E-state index in [2.05, 4.69) is 9.97 Å². The molecule has 2 rings (SSSR count). The van der Waals surface area contributed by atoms with Crippen LogP contribution in [0.4, 0.5) is 0 Å². The largest absolute Gasteiger partial charge is 1.00 e. The molecule has 0 radical (unpaired) electrons. The topological polar surface area (TPSA) is 74.6 Å². The normalized spacial score (nSPS) is 9.00. The Morgan fingerprint density at radius 2 is 2.00 bits per heavy atom. The fourth-order valence-corrected chi connectivity index (χ4v) is 1.33. The van der Waals surface area contributed by atoms with E-state index in [1.165, 1.54) is 6.07 Å². The van der Waals surface area contributed by atoms with Crippen molar-refractivity contribution in [3.8, 4) is 12.1 Å². The number of hydrogen-bond donors (Lipinski definition) is 0. The minimum atomic E-state index is 0. The molecular formula is C10H5LiN4. The molecule has 15 heavy (non-hydrogen) atoms. The predicted octanol–water partition coefficient (Wildman–Crippen LogP) is -1.75. The van der Waals surface area contributed by atoms with Crippen molar-refractivity contribution in [2.75, 3.05) is 0 Å². The van der Waals surface area contributed by atoms with E-state index in [0.29, 0.717) is 28.0 Å². The summed E-state index contributed by atoms with van der Waals surface area (Å²) in [5.74, 6) is 0.617. The predicted molar refractivity (Wildman–Crippen MR) is 49.2 cm³/mol. The molecule has 66 valence electrons. The Kier molecular flexibility index (Phi) is 3.17. The molecule has 1 aromatic heterocycles. The van der Waals surface area contributed by atoms with Crippen LogP contribution >= 0.6 is 0 Å². The van der Waals surface area contributed by atoms with Crippen molar-refractivity contribution in [3.05, 3.63) is 29.1 Å². The molecule has 1 aromatic carbocycles. The van der Waals surface area contributed by atoms with Crippen LogP contribution in [0.5, 0.6) is 0 Å². The number of nitriles is 2. The Balaban J connectivity index is 0.00000112. The zero-order valence-corrected chi connectivity index (χ0v) is 8.44. The van der Waals surface area contributed by atoms with E-state index < -0.39 is 0 Å². The molecule has 0 unspecified atom stereocenters. The van der Waals surface area contributed by atoms with Crippen LogP contribution < -0.4 is 23.8 Å². The Labute approximate surface area is 98.7 Å². The van der Waals surface area contributed by atoms with Crippen LogP contribution in [0.15, 0.2) is 12.1 Å². The van der Waals surface area contributed by atoms with Gasteiger partial charge < -0.3 is 9.97 Å². The number of imidazole rings is 1. The average Bonchev–Trinajstić information content (AvgIpc) is 2.56. The zero-order chi connectivity index (χ0) is 10.1. The molecule has 2 aromatic rings. The first-order valence-electron chi connectivity index (χ1n) is 4.00. The van der Waals surface area contributed by atoms with Gasteiger partial charge in [0.2, 0.25) is 0 Å². The molecule has 0 atom stereocenters. The Bertz CT molecular complexity index is 586. The van der Waals surface area contributed by atoms with E-state index in [1.54, 1.807) is 13.0 Å². The maximum atomic E-state index is 8.84. The molecule has 0 amide bonds. The zero-order valence-electron chi connectivity index (χ0n) is 8.44. The SMILES string of the molecule is Cc1nc2cc(C#N)cc(C#N)c2[n-]1.[Li+]. The Morgan fingerprint density at radius 1 is 1.27 bits per heavy atom. The first kappa shape index (κ1) is 11.3. The second kappa shape index (κ2) is 4.20. The summed E-state index contributed by atoms with van der Waals surface area (Å²) in [5.41, 5.74) is 2.02. The number of nitrogens with zero attached hydrogens (tertiary/aromatic N) is 4. The summed E-state index contributed by atoms with van der Waals surface area (Å²) in [5, 5.41) is 17.6. The van der Waals surface area contributed by atoms with Crippen molar-refractivity contribution in [2.45, 2.75) is 6.92 Å². The summed E-state index contributed by atoms with van der Waals surface area (Å²) in [7, 11) is 0. The van der Waals surface area contributed by atoms with E-state index in [0.717, 1.165) is 0 Å². The summed E-state index contributed by atoms with van der Waals surface area (Å²) in [6.07, 6.45) is 0. The van der Waals surface area contributed by atoms with Crippen molar-refractivity contribution in [1.29, 1.82) is 10.5 Å². The van der Waals surface area contributed by atoms with Crippen molar-refractivity contribution in [2.24, 2.45) is 0 Å². The molecule has 0 saturated heterocycles. The van der Waals surface area contributed by atoms with Gasteiger partial charge in [0.05, 0.1) is 23.3 Å². The molecular weight excluding hydrogens is 183 g/mol. The molecule has 0 aliphatic heterocycles. The second-order valence-corrected chi connectivity index (χ2v) is 2.89. The van der Waals surface area contributed by atoms with Gasteiger partial charge in [-0.25, -0.2) is 0 Å². The Hall–Kier alpha value is -1.73. The van der Waals surface area contributed by atoms with E-state index in [9.17, 15) is 0 Å². The number of aryl methyl sites for hydroxylation is 1. The average molecular weight is 188 g/mol. The van der Waals surface area contributed by atoms with Crippen molar-refractivity contribution in [3.63, 3.8) is 0 Å². The van der Waals surface area contributed by atoms with E-state index in [4.69, 9.17) is 10.5 Å². The third-order valence-electron chi connectivity index (χ3n) is 1.90. The van der Waals surface area contributed by atoms with E-state index >= 15 is 0 Å². The minimum Gasteiger partial charge on any atom is -0.440 e. The van der Waals surface area contributed by atoms with Crippen LogP contribution in [-0.4, -0.2) is 4.98 Å². The van der Waals surface area contributed by atoms with Crippen LogP contribution in [0.1, 0.15) is 17.0 Å². The molecule has 5 heteroatoms. The standard InChI is InChI=1S/C10H5N4.Li/c1-6-13-9-3-7(4-11)2-8(5-12)10(9)14-6;/h2-3H,1H3;/q-1;+1. The molecule has 4 nitrogen and oxygen atoms in total. The fourth-order valence-electron chi connectivity index (χ4n) is 1.33. The number of fused-ring (bicyclic) bond motifs is 1. The van der Waals surface area contributed by atoms with Crippen molar-refractivity contribution in [1.82, 2.24) is 9.97 Å². The molecule has 0 saturated carbocycles. The number of benzene rings is 1. The third kappa shape index (κ3) is 1.87. The van der Waals surface area contributed by atoms with Gasteiger partial charge in [-0.15, -0.1) is 0 Å². The van der Waals surface area contributed by atoms with Gasteiger partial charge in [-0.3, -0.25) is 0 Å². The van der Waals surface area contributed by atoms with Crippen molar-refractivity contribution < 1.29 is 18.9 Å². The number of hydrogen-bond acceptors (Lipinski definition) is 3. The van der Waals surface area contributed by atoms with Gasteiger partial charge in [0.25, 0.3) is 0 Å². The molecule has 0 N–H and O–H groups in total. The molecule has 0 aliphatic rings. The quantitative estimate of drug-likeness (QED) is 0.459. The summed E-state index contributed by atoms with van der Waals surface area (Å²) in [6, 6.07) is 7.15. The third-order valence-corrected chi connectivity index (χ3v) is 1.90. The maximum absolute atomic E-state index is 8.84. The van der Waals surface area contributed by atoms with Gasteiger partial charge in [-0.2, -0.15) is 10.5 Å². The molecule has 0 bridgehead atoms. The van der Waals surface area contributed by atoms with Crippen LogP contribution in [0.2, 0.25) is 0 Å². The van der Waals surface area contributed by atoms with E-state index in [1.807, 2.05) is 12.1 Å². The second-order valence-electron chi connectivity index (χ2n) is 2.89. The van der Waals surface area contributed by atoms with Crippen LogP contribution in [0, 0.1) is 29.6 Å². The summed E-state index contributed by atoms with van der Waals surface area (Å²) < 4.78 is 0.